The number of sulfonamides is 1. The van der Waals surface area contributed by atoms with Gasteiger partial charge in [-0.15, -0.1) is 0 Å². The van der Waals surface area contributed by atoms with E-state index in [0.29, 0.717) is 45.9 Å². The minimum absolute atomic E-state index is 0.0401. The highest BCUT2D eigenvalue weighted by Gasteiger charge is 2.33. The van der Waals surface area contributed by atoms with Gasteiger partial charge in [-0.2, -0.15) is 0 Å². The fourth-order valence-corrected chi connectivity index (χ4v) is 6.34. The lowest BCUT2D eigenvalue weighted by Crippen LogP contribution is -2.32. The van der Waals surface area contributed by atoms with Crippen LogP contribution in [-0.2, 0) is 25.6 Å². The van der Waals surface area contributed by atoms with E-state index in [1.165, 1.54) is 28.6 Å². The summed E-state index contributed by atoms with van der Waals surface area (Å²) in [7, 11) is -4.82. The molecule has 1 aromatic heterocycles. The van der Waals surface area contributed by atoms with Crippen molar-refractivity contribution < 1.29 is 40.5 Å². The Labute approximate surface area is 250 Å². The van der Waals surface area contributed by atoms with Gasteiger partial charge in [-0.3, -0.25) is 8.51 Å². The van der Waals surface area contributed by atoms with E-state index in [1.807, 2.05) is 0 Å². The van der Waals surface area contributed by atoms with Crippen molar-refractivity contribution >= 4 is 49.5 Å². The first-order chi connectivity index (χ1) is 20.4. The number of rotatable bonds is 11. The number of carbonyl (C=O) groups excluding carboxylic acids is 2. The van der Waals surface area contributed by atoms with Crippen molar-refractivity contribution in [3.63, 3.8) is 0 Å². The Morgan fingerprint density at radius 2 is 1.70 bits per heavy atom. The molecular formula is C30H29FN2O8S2. The molecular weight excluding hydrogens is 599 g/mol. The van der Waals surface area contributed by atoms with E-state index in [4.69, 9.17) is 19.6 Å². The van der Waals surface area contributed by atoms with Crippen molar-refractivity contribution in [2.24, 2.45) is 5.73 Å². The number of halogens is 1. The molecule has 1 amide bonds. The third-order valence-corrected chi connectivity index (χ3v) is 8.92. The molecule has 0 radical (unpaired) electrons. The summed E-state index contributed by atoms with van der Waals surface area (Å²) >= 11 is 0. The fraction of sp³-hybridized carbons (Fsp3) is 0.267. The van der Waals surface area contributed by atoms with E-state index >= 15 is 0 Å². The molecule has 4 aromatic rings. The standard InChI is InChI=1S/C30H29FN2O8S2/c1-42(36)15-3-14-33(43(2,37)38)25-17-26-24(16-23(25)18-4-5-18)27(29(34)41-30(32)35)28(40-26)19-6-10-21(11-7-19)39-22-12-8-20(31)9-13-22/h6-13,16-18H,3-5,14-15H2,1-2H3,(H2,32,35). The number of furan rings is 1. The van der Waals surface area contributed by atoms with E-state index in [0.717, 1.165) is 19.1 Å². The third-order valence-electron chi connectivity index (χ3n) is 6.88. The maximum atomic E-state index is 13.2. The molecule has 1 unspecified atom stereocenters. The number of nitrogens with zero attached hydrogens (tertiary/aromatic N) is 1. The van der Waals surface area contributed by atoms with Crippen LogP contribution in [0.15, 0.2) is 65.1 Å². The molecule has 1 atom stereocenters. The van der Waals surface area contributed by atoms with Crippen molar-refractivity contribution in [3.05, 3.63) is 77.6 Å². The summed E-state index contributed by atoms with van der Waals surface area (Å²) in [5, 5.41) is 0.335. The van der Waals surface area contributed by atoms with E-state index in [2.05, 4.69) is 0 Å². The summed E-state index contributed by atoms with van der Waals surface area (Å²) in [6.07, 6.45) is 3.42. The maximum absolute atomic E-state index is 13.2. The summed E-state index contributed by atoms with van der Waals surface area (Å²) in [5.74, 6) is -0.0824. The lowest BCUT2D eigenvalue weighted by Gasteiger charge is -2.25. The predicted octanol–water partition coefficient (Wildman–Crippen LogP) is 5.68. The molecule has 0 bridgehead atoms. The second-order valence-electron chi connectivity index (χ2n) is 10.2. The van der Waals surface area contributed by atoms with Crippen LogP contribution in [0.25, 0.3) is 22.3 Å². The molecule has 10 nitrogen and oxygen atoms in total. The molecule has 43 heavy (non-hydrogen) atoms. The van der Waals surface area contributed by atoms with Gasteiger partial charge in [0.05, 0.1) is 11.9 Å². The second kappa shape index (κ2) is 12.2. The fourth-order valence-electron chi connectivity index (χ4n) is 4.82. The molecule has 2 N–H and O–H groups in total. The van der Waals surface area contributed by atoms with E-state index < -0.39 is 38.7 Å². The lowest BCUT2D eigenvalue weighted by atomic mass is 10.0. The third kappa shape index (κ3) is 7.05. The molecule has 226 valence electrons. The second-order valence-corrected chi connectivity index (χ2v) is 13.7. The Balaban J connectivity index is 1.60. The van der Waals surface area contributed by atoms with Gasteiger partial charge in [-0.1, -0.05) is 0 Å². The highest BCUT2D eigenvalue weighted by Crippen LogP contribution is 2.48. The molecule has 5 rings (SSSR count). The number of benzene rings is 3. The molecule has 0 spiro atoms. The Bertz CT molecular complexity index is 1820. The van der Waals surface area contributed by atoms with Crippen LogP contribution in [0.4, 0.5) is 14.9 Å². The number of hydrogen-bond acceptors (Lipinski definition) is 8. The molecule has 1 aliphatic rings. The van der Waals surface area contributed by atoms with Crippen LogP contribution >= 0.6 is 0 Å². The van der Waals surface area contributed by atoms with Crippen LogP contribution in [0.2, 0.25) is 0 Å². The zero-order valence-electron chi connectivity index (χ0n) is 23.4. The molecule has 0 aliphatic heterocycles. The molecule has 0 saturated heterocycles. The van der Waals surface area contributed by atoms with Crippen LogP contribution in [0.1, 0.15) is 41.1 Å². The quantitative estimate of drug-likeness (QED) is 0.165. The van der Waals surface area contributed by atoms with Gasteiger partial charge in [0.15, 0.2) is 0 Å². The number of amides is 1. The highest BCUT2D eigenvalue weighted by molar-refractivity contribution is 7.92. The number of primary amides is 1. The summed E-state index contributed by atoms with van der Waals surface area (Å²) in [4.78, 5) is 24.7. The average molecular weight is 629 g/mol. The van der Waals surface area contributed by atoms with Gasteiger partial charge in [0.25, 0.3) is 0 Å². The first kappa shape index (κ1) is 30.2. The Morgan fingerprint density at radius 3 is 2.26 bits per heavy atom. The number of anilines is 1. The minimum atomic E-state index is -3.73. The van der Waals surface area contributed by atoms with E-state index in [1.54, 1.807) is 42.7 Å². The van der Waals surface area contributed by atoms with Crippen LogP contribution in [0.3, 0.4) is 0 Å². The molecule has 1 heterocycles. The van der Waals surface area contributed by atoms with Gasteiger partial charge in [0.2, 0.25) is 10.0 Å². The maximum Gasteiger partial charge on any atom is 0.412 e. The number of esters is 1. The van der Waals surface area contributed by atoms with Crippen molar-refractivity contribution in [1.82, 2.24) is 0 Å². The number of carbonyl (C=O) groups is 2. The number of ether oxygens (including phenoxy) is 2. The van der Waals surface area contributed by atoms with Gasteiger partial charge < -0.3 is 19.6 Å². The molecule has 1 saturated carbocycles. The average Bonchev–Trinajstić information content (AvgIpc) is 3.71. The first-order valence-electron chi connectivity index (χ1n) is 13.3. The first-order valence-corrected chi connectivity index (χ1v) is 16.9. The summed E-state index contributed by atoms with van der Waals surface area (Å²) < 4.78 is 68.6. The normalized spacial score (nSPS) is 13.9. The van der Waals surface area contributed by atoms with Gasteiger partial charge in [0.1, 0.15) is 34.2 Å². The molecule has 1 aliphatic carbocycles. The monoisotopic (exact) mass is 628 g/mol. The minimum Gasteiger partial charge on any atom is -0.457 e. The number of hydrogen-bond donors (Lipinski definition) is 1. The van der Waals surface area contributed by atoms with Crippen LogP contribution in [0, 0.1) is 5.82 Å². The largest absolute Gasteiger partial charge is 0.457 e. The van der Waals surface area contributed by atoms with Crippen LogP contribution in [-0.4, -0.2) is 49.5 Å². The Hall–Kier alpha value is -4.23. The highest BCUT2D eigenvalue weighted by atomic mass is 32.2. The zero-order chi connectivity index (χ0) is 30.9. The number of nitrogens with two attached hydrogens (primary N) is 1. The van der Waals surface area contributed by atoms with Gasteiger partial charge >= 0.3 is 12.1 Å². The van der Waals surface area contributed by atoms with Gasteiger partial charge in [0, 0.05) is 46.4 Å². The number of fused-ring (bicyclic) bond motifs is 1. The summed E-state index contributed by atoms with van der Waals surface area (Å²) in [6.45, 7) is 0.114. The molecule has 13 heteroatoms. The SMILES string of the molecule is CS(=O)CCCN(c1cc2oc(-c3ccc(Oc4ccc(F)cc4)cc3)c(C(=O)OC(N)=O)c2cc1C1CC1)S(C)(=O)=O. The smallest absolute Gasteiger partial charge is 0.412 e. The summed E-state index contributed by atoms with van der Waals surface area (Å²) in [6, 6.07) is 15.3. The Kier molecular flexibility index (Phi) is 8.56. The van der Waals surface area contributed by atoms with Crippen molar-refractivity contribution in [3.8, 4) is 22.8 Å². The zero-order valence-corrected chi connectivity index (χ0v) is 25.0. The van der Waals surface area contributed by atoms with Crippen molar-refractivity contribution in [1.29, 1.82) is 0 Å². The molecule has 3 aromatic carbocycles. The molecule has 1 fully saturated rings. The van der Waals surface area contributed by atoms with Gasteiger partial charge in [-0.25, -0.2) is 22.4 Å². The van der Waals surface area contributed by atoms with Crippen LogP contribution < -0.4 is 14.8 Å². The predicted molar refractivity (Wildman–Crippen MR) is 161 cm³/mol. The lowest BCUT2D eigenvalue weighted by molar-refractivity contribution is 0.0640. The van der Waals surface area contributed by atoms with E-state index in [9.17, 15) is 26.6 Å². The van der Waals surface area contributed by atoms with Crippen molar-refractivity contribution in [2.75, 3.05) is 29.1 Å². The van der Waals surface area contributed by atoms with Crippen molar-refractivity contribution in [2.45, 2.75) is 25.2 Å². The summed E-state index contributed by atoms with van der Waals surface area (Å²) in [5.41, 5.74) is 6.88. The van der Waals surface area contributed by atoms with E-state index in [-0.39, 0.29) is 29.4 Å². The van der Waals surface area contributed by atoms with Gasteiger partial charge in [-0.05, 0) is 85.3 Å². The Morgan fingerprint density at radius 1 is 1.07 bits per heavy atom. The van der Waals surface area contributed by atoms with Crippen LogP contribution in [0.5, 0.6) is 11.5 Å². The topological polar surface area (TPSA) is 146 Å².